The van der Waals surface area contributed by atoms with Crippen molar-refractivity contribution in [1.29, 1.82) is 0 Å². The van der Waals surface area contributed by atoms with Crippen LogP contribution in [0.5, 0.6) is 5.75 Å². The average Bonchev–Trinajstić information content (AvgIpc) is 2.73. The van der Waals surface area contributed by atoms with E-state index in [0.717, 1.165) is 4.90 Å². The molecule has 0 bridgehead atoms. The zero-order valence-electron chi connectivity index (χ0n) is 15.8. The molecule has 0 saturated carbocycles. The summed E-state index contributed by atoms with van der Waals surface area (Å²) in [4.78, 5) is 15.5. The molecule has 0 unspecified atom stereocenters. The molecule has 150 valence electrons. The minimum absolute atomic E-state index is 0.0342. The van der Waals surface area contributed by atoms with Gasteiger partial charge < -0.3 is 9.64 Å². The SMILES string of the molecule is CCOc1ccc(S(=O)(=O)N2CCN(C(=O)CSc3ccccc3)CC2)cc1. The zero-order valence-corrected chi connectivity index (χ0v) is 17.4. The third-order valence-corrected chi connectivity index (χ3v) is 7.38. The Morgan fingerprint density at radius 1 is 1.00 bits per heavy atom. The van der Waals surface area contributed by atoms with Crippen molar-refractivity contribution in [2.45, 2.75) is 16.7 Å². The summed E-state index contributed by atoms with van der Waals surface area (Å²) < 4.78 is 32.4. The molecule has 1 saturated heterocycles. The summed E-state index contributed by atoms with van der Waals surface area (Å²) in [6, 6.07) is 16.2. The van der Waals surface area contributed by atoms with E-state index >= 15 is 0 Å². The second-order valence-electron chi connectivity index (χ2n) is 6.29. The number of ether oxygens (including phenoxy) is 1. The molecule has 1 amide bonds. The number of rotatable bonds is 7. The average molecular weight is 421 g/mol. The Kier molecular flexibility index (Phi) is 6.98. The Hall–Kier alpha value is -2.03. The van der Waals surface area contributed by atoms with Crippen LogP contribution >= 0.6 is 11.8 Å². The Morgan fingerprint density at radius 3 is 2.25 bits per heavy atom. The van der Waals surface area contributed by atoms with E-state index in [0.29, 0.717) is 44.3 Å². The van der Waals surface area contributed by atoms with Crippen molar-refractivity contribution in [2.24, 2.45) is 0 Å². The van der Waals surface area contributed by atoms with Gasteiger partial charge in [0.15, 0.2) is 0 Å². The summed E-state index contributed by atoms with van der Waals surface area (Å²) in [5.41, 5.74) is 0. The van der Waals surface area contributed by atoms with Gasteiger partial charge in [-0.15, -0.1) is 11.8 Å². The third-order valence-electron chi connectivity index (χ3n) is 4.47. The highest BCUT2D eigenvalue weighted by Crippen LogP contribution is 2.22. The fourth-order valence-electron chi connectivity index (χ4n) is 2.95. The number of piperazine rings is 1. The number of carbonyl (C=O) groups excluding carboxylic acids is 1. The van der Waals surface area contributed by atoms with Crippen LogP contribution in [0.4, 0.5) is 0 Å². The van der Waals surface area contributed by atoms with Crippen LogP contribution in [0.2, 0.25) is 0 Å². The molecule has 0 spiro atoms. The van der Waals surface area contributed by atoms with Crippen LogP contribution in [0.3, 0.4) is 0 Å². The van der Waals surface area contributed by atoms with Gasteiger partial charge in [0, 0.05) is 31.1 Å². The third kappa shape index (κ3) is 5.06. The highest BCUT2D eigenvalue weighted by atomic mass is 32.2. The molecule has 6 nitrogen and oxygen atoms in total. The normalized spacial score (nSPS) is 15.4. The van der Waals surface area contributed by atoms with Crippen molar-refractivity contribution in [3.8, 4) is 5.75 Å². The Labute approximate surface area is 170 Å². The fourth-order valence-corrected chi connectivity index (χ4v) is 5.20. The van der Waals surface area contributed by atoms with E-state index in [9.17, 15) is 13.2 Å². The van der Waals surface area contributed by atoms with Crippen molar-refractivity contribution in [3.63, 3.8) is 0 Å². The molecule has 28 heavy (non-hydrogen) atoms. The summed E-state index contributed by atoms with van der Waals surface area (Å²) in [7, 11) is -3.56. The number of carbonyl (C=O) groups is 1. The van der Waals surface area contributed by atoms with Crippen LogP contribution in [0, 0.1) is 0 Å². The lowest BCUT2D eigenvalue weighted by atomic mass is 10.3. The molecule has 1 fully saturated rings. The van der Waals surface area contributed by atoms with E-state index in [-0.39, 0.29) is 10.8 Å². The van der Waals surface area contributed by atoms with Gasteiger partial charge in [0.2, 0.25) is 15.9 Å². The second kappa shape index (κ2) is 9.45. The lowest BCUT2D eigenvalue weighted by Crippen LogP contribution is -2.50. The summed E-state index contributed by atoms with van der Waals surface area (Å²) >= 11 is 1.50. The molecule has 2 aromatic carbocycles. The first kappa shape index (κ1) is 20.7. The zero-order chi connectivity index (χ0) is 20.0. The number of hydrogen-bond acceptors (Lipinski definition) is 5. The predicted octanol–water partition coefficient (Wildman–Crippen LogP) is 2.71. The van der Waals surface area contributed by atoms with Crippen molar-refractivity contribution in [1.82, 2.24) is 9.21 Å². The van der Waals surface area contributed by atoms with E-state index in [1.54, 1.807) is 29.2 Å². The van der Waals surface area contributed by atoms with Crippen molar-refractivity contribution in [3.05, 3.63) is 54.6 Å². The minimum atomic E-state index is -3.56. The molecule has 3 rings (SSSR count). The smallest absolute Gasteiger partial charge is 0.243 e. The van der Waals surface area contributed by atoms with Crippen LogP contribution in [-0.2, 0) is 14.8 Å². The van der Waals surface area contributed by atoms with Gasteiger partial charge in [-0.2, -0.15) is 4.31 Å². The topological polar surface area (TPSA) is 66.9 Å². The molecule has 0 aliphatic carbocycles. The molecule has 1 aliphatic rings. The largest absolute Gasteiger partial charge is 0.494 e. The number of amides is 1. The van der Waals surface area contributed by atoms with E-state index in [1.807, 2.05) is 37.3 Å². The Morgan fingerprint density at radius 2 is 1.64 bits per heavy atom. The van der Waals surface area contributed by atoms with Crippen LogP contribution < -0.4 is 4.74 Å². The van der Waals surface area contributed by atoms with E-state index in [2.05, 4.69) is 0 Å². The van der Waals surface area contributed by atoms with Crippen LogP contribution in [0.25, 0.3) is 0 Å². The maximum absolute atomic E-state index is 12.8. The summed E-state index contributed by atoms with van der Waals surface area (Å²) in [5.74, 6) is 1.04. The number of hydrogen-bond donors (Lipinski definition) is 0. The Balaban J connectivity index is 1.54. The molecule has 0 atom stereocenters. The summed E-state index contributed by atoms with van der Waals surface area (Å²) in [5, 5.41) is 0. The first-order valence-corrected chi connectivity index (χ1v) is 11.6. The quantitative estimate of drug-likeness (QED) is 0.645. The monoisotopic (exact) mass is 420 g/mol. The number of thioether (sulfide) groups is 1. The van der Waals surface area contributed by atoms with Gasteiger partial charge in [0.05, 0.1) is 17.3 Å². The van der Waals surface area contributed by atoms with Gasteiger partial charge in [0.25, 0.3) is 0 Å². The predicted molar refractivity (Wildman–Crippen MR) is 110 cm³/mol. The molecule has 0 N–H and O–H groups in total. The molecule has 1 aliphatic heterocycles. The lowest BCUT2D eigenvalue weighted by Gasteiger charge is -2.34. The van der Waals surface area contributed by atoms with Crippen molar-refractivity contribution in [2.75, 3.05) is 38.5 Å². The van der Waals surface area contributed by atoms with Gasteiger partial charge in [0.1, 0.15) is 5.75 Å². The van der Waals surface area contributed by atoms with Gasteiger partial charge in [-0.25, -0.2) is 8.42 Å². The van der Waals surface area contributed by atoms with Crippen LogP contribution in [0.15, 0.2) is 64.4 Å². The van der Waals surface area contributed by atoms with Gasteiger partial charge in [-0.3, -0.25) is 4.79 Å². The first-order valence-electron chi connectivity index (χ1n) is 9.19. The van der Waals surface area contributed by atoms with Gasteiger partial charge in [-0.1, -0.05) is 18.2 Å². The molecule has 0 radical (unpaired) electrons. The molecule has 1 heterocycles. The number of sulfonamides is 1. The van der Waals surface area contributed by atoms with Crippen LogP contribution in [0.1, 0.15) is 6.92 Å². The fraction of sp³-hybridized carbons (Fsp3) is 0.350. The minimum Gasteiger partial charge on any atom is -0.494 e. The highest BCUT2D eigenvalue weighted by molar-refractivity contribution is 8.00. The summed E-state index contributed by atoms with van der Waals surface area (Å²) in [6.45, 7) is 3.83. The van der Waals surface area contributed by atoms with E-state index < -0.39 is 10.0 Å². The lowest BCUT2D eigenvalue weighted by molar-refractivity contribution is -0.129. The molecular weight excluding hydrogens is 396 g/mol. The van der Waals surface area contributed by atoms with E-state index in [1.165, 1.54) is 16.1 Å². The number of benzene rings is 2. The summed E-state index contributed by atoms with van der Waals surface area (Å²) in [6.07, 6.45) is 0. The molecule has 2 aromatic rings. The molecular formula is C20H24N2O4S2. The van der Waals surface area contributed by atoms with Crippen molar-refractivity contribution >= 4 is 27.7 Å². The van der Waals surface area contributed by atoms with Crippen molar-refractivity contribution < 1.29 is 17.9 Å². The van der Waals surface area contributed by atoms with Gasteiger partial charge in [-0.05, 0) is 43.3 Å². The molecule has 0 aromatic heterocycles. The van der Waals surface area contributed by atoms with Crippen LogP contribution in [-0.4, -0.2) is 62.1 Å². The van der Waals surface area contributed by atoms with Gasteiger partial charge >= 0.3 is 0 Å². The van der Waals surface area contributed by atoms with E-state index in [4.69, 9.17) is 4.74 Å². The molecule has 8 heteroatoms. The maximum Gasteiger partial charge on any atom is 0.243 e. The first-order chi connectivity index (χ1) is 13.5. The maximum atomic E-state index is 12.8. The highest BCUT2D eigenvalue weighted by Gasteiger charge is 2.30. The number of nitrogens with zero attached hydrogens (tertiary/aromatic N) is 2. The Bertz CT molecular complexity index is 878. The second-order valence-corrected chi connectivity index (χ2v) is 9.28. The standard InChI is InChI=1S/C20H24N2O4S2/c1-2-26-17-8-10-19(11-9-17)28(24,25)22-14-12-21(13-15-22)20(23)16-27-18-6-4-3-5-7-18/h3-11H,2,12-16H2,1H3.